The van der Waals surface area contributed by atoms with Crippen LogP contribution in [0.15, 0.2) is 173 Å². The molecule has 3 heterocycles. The van der Waals surface area contributed by atoms with Gasteiger partial charge in [-0.15, -0.1) is 0 Å². The van der Waals surface area contributed by atoms with E-state index in [0.717, 1.165) is 77.1 Å². The van der Waals surface area contributed by atoms with Crippen molar-refractivity contribution in [3.05, 3.63) is 164 Å². The first-order valence-corrected chi connectivity index (χ1v) is 17.3. The monoisotopic (exact) mass is 665 g/mol. The number of rotatable bonds is 4. The molecule has 0 atom stereocenters. The standard InChI is InChI=1S/C47H27N3O2/c1-2-11-29(12-3-1)45-48-46(50-47(49-45)36-17-10-20-42-44(36)35-16-7-9-19-41(35)51-42)34-15-5-4-13-32(34)30-23-21-28-22-24-31-26-43-39(27-38(31)37(28)25-30)33-14-6-8-18-40(33)52-43/h1-27H. The summed E-state index contributed by atoms with van der Waals surface area (Å²) in [5, 5.41) is 8.94. The van der Waals surface area contributed by atoms with Gasteiger partial charge in [0.15, 0.2) is 17.5 Å². The van der Waals surface area contributed by atoms with Gasteiger partial charge in [-0.3, -0.25) is 0 Å². The van der Waals surface area contributed by atoms with Gasteiger partial charge in [0.2, 0.25) is 0 Å². The molecule has 0 aliphatic carbocycles. The number of hydrogen-bond donors (Lipinski definition) is 0. The number of furan rings is 2. The predicted molar refractivity (Wildman–Crippen MR) is 211 cm³/mol. The molecule has 0 amide bonds. The average molecular weight is 666 g/mol. The summed E-state index contributed by atoms with van der Waals surface area (Å²) in [6, 6.07) is 56.4. The molecule has 0 fully saturated rings. The molecule has 0 saturated heterocycles. The smallest absolute Gasteiger partial charge is 0.164 e. The van der Waals surface area contributed by atoms with Gasteiger partial charge in [0.25, 0.3) is 0 Å². The zero-order valence-corrected chi connectivity index (χ0v) is 27.7. The molecule has 0 unspecified atom stereocenters. The van der Waals surface area contributed by atoms with Gasteiger partial charge in [0.1, 0.15) is 22.3 Å². The van der Waals surface area contributed by atoms with Crippen molar-refractivity contribution in [3.63, 3.8) is 0 Å². The summed E-state index contributed by atoms with van der Waals surface area (Å²) in [4.78, 5) is 15.4. The molecule has 0 saturated carbocycles. The fourth-order valence-electron chi connectivity index (χ4n) is 7.66. The van der Waals surface area contributed by atoms with Gasteiger partial charge >= 0.3 is 0 Å². The zero-order chi connectivity index (χ0) is 34.2. The van der Waals surface area contributed by atoms with Crippen LogP contribution in [0.1, 0.15) is 0 Å². The van der Waals surface area contributed by atoms with E-state index in [1.807, 2.05) is 78.9 Å². The lowest BCUT2D eigenvalue weighted by Gasteiger charge is -2.13. The van der Waals surface area contributed by atoms with Gasteiger partial charge < -0.3 is 8.83 Å². The molecule has 242 valence electrons. The number of para-hydroxylation sites is 2. The van der Waals surface area contributed by atoms with E-state index >= 15 is 0 Å². The molecule has 5 heteroatoms. The zero-order valence-electron chi connectivity index (χ0n) is 27.7. The van der Waals surface area contributed by atoms with Crippen molar-refractivity contribution in [3.8, 4) is 45.3 Å². The first-order valence-electron chi connectivity index (χ1n) is 17.3. The highest BCUT2D eigenvalue weighted by molar-refractivity contribution is 6.17. The van der Waals surface area contributed by atoms with Gasteiger partial charge in [-0.05, 0) is 69.1 Å². The summed E-state index contributed by atoms with van der Waals surface area (Å²) < 4.78 is 12.5. The second-order valence-corrected chi connectivity index (χ2v) is 13.2. The number of fused-ring (bicyclic) bond motifs is 9. The molecule has 0 spiro atoms. The van der Waals surface area contributed by atoms with Crippen LogP contribution in [0.2, 0.25) is 0 Å². The molecular weight excluding hydrogens is 639 g/mol. The second-order valence-electron chi connectivity index (χ2n) is 13.2. The summed E-state index contributed by atoms with van der Waals surface area (Å²) in [5.41, 5.74) is 8.29. The number of aromatic nitrogens is 3. The summed E-state index contributed by atoms with van der Waals surface area (Å²) in [6.07, 6.45) is 0. The summed E-state index contributed by atoms with van der Waals surface area (Å²) in [5.74, 6) is 1.81. The van der Waals surface area contributed by atoms with E-state index < -0.39 is 0 Å². The fourth-order valence-corrected chi connectivity index (χ4v) is 7.66. The van der Waals surface area contributed by atoms with Crippen molar-refractivity contribution in [2.45, 2.75) is 0 Å². The molecule has 0 aliphatic rings. The fraction of sp³-hybridized carbons (Fsp3) is 0. The average Bonchev–Trinajstić information content (AvgIpc) is 3.78. The minimum absolute atomic E-state index is 0.594. The van der Waals surface area contributed by atoms with E-state index in [9.17, 15) is 0 Å². The highest BCUT2D eigenvalue weighted by Gasteiger charge is 2.19. The van der Waals surface area contributed by atoms with Gasteiger partial charge in [0.05, 0.1) is 0 Å². The maximum atomic E-state index is 6.25. The van der Waals surface area contributed by atoms with Crippen LogP contribution < -0.4 is 0 Å². The molecule has 11 aromatic rings. The number of benzene rings is 8. The van der Waals surface area contributed by atoms with Crippen LogP contribution in [0.5, 0.6) is 0 Å². The molecule has 0 radical (unpaired) electrons. The molecule has 8 aromatic carbocycles. The summed E-state index contributed by atoms with van der Waals surface area (Å²) >= 11 is 0. The molecular formula is C47H27N3O2. The SMILES string of the molecule is c1ccc(-c2nc(-c3ccccc3-c3ccc4ccc5cc6oc7ccccc7c6cc5c4c3)nc(-c3cccc4oc5ccccc5c34)n2)cc1. The third kappa shape index (κ3) is 4.46. The Bertz CT molecular complexity index is 3190. The van der Waals surface area contributed by atoms with E-state index in [1.54, 1.807) is 0 Å². The van der Waals surface area contributed by atoms with Gasteiger partial charge in [-0.1, -0.05) is 127 Å². The molecule has 52 heavy (non-hydrogen) atoms. The topological polar surface area (TPSA) is 65.0 Å². The van der Waals surface area contributed by atoms with Crippen LogP contribution in [0.3, 0.4) is 0 Å². The van der Waals surface area contributed by atoms with Crippen LogP contribution in [-0.2, 0) is 0 Å². The Labute approximate surface area is 297 Å². The minimum atomic E-state index is 0.594. The van der Waals surface area contributed by atoms with E-state index in [0.29, 0.717) is 17.5 Å². The molecule has 0 bridgehead atoms. The van der Waals surface area contributed by atoms with Gasteiger partial charge in [0, 0.05) is 38.2 Å². The van der Waals surface area contributed by atoms with Crippen LogP contribution in [0, 0.1) is 0 Å². The van der Waals surface area contributed by atoms with E-state index in [1.165, 1.54) is 16.2 Å². The molecule has 0 aliphatic heterocycles. The lowest BCUT2D eigenvalue weighted by Crippen LogP contribution is -2.01. The lowest BCUT2D eigenvalue weighted by molar-refractivity contribution is 0.669. The van der Waals surface area contributed by atoms with Crippen molar-refractivity contribution >= 4 is 65.4 Å². The third-order valence-electron chi connectivity index (χ3n) is 10.1. The second kappa shape index (κ2) is 11.2. The minimum Gasteiger partial charge on any atom is -0.456 e. The molecule has 0 N–H and O–H groups in total. The molecule has 11 rings (SSSR count). The van der Waals surface area contributed by atoms with Crippen molar-refractivity contribution in [1.82, 2.24) is 15.0 Å². The Morgan fingerprint density at radius 3 is 1.77 bits per heavy atom. The van der Waals surface area contributed by atoms with Crippen molar-refractivity contribution in [1.29, 1.82) is 0 Å². The number of nitrogens with zero attached hydrogens (tertiary/aromatic N) is 3. The Morgan fingerprint density at radius 2 is 0.904 bits per heavy atom. The van der Waals surface area contributed by atoms with Crippen LogP contribution in [-0.4, -0.2) is 15.0 Å². The van der Waals surface area contributed by atoms with E-state index in [-0.39, 0.29) is 0 Å². The summed E-state index contributed by atoms with van der Waals surface area (Å²) in [7, 11) is 0. The first kappa shape index (κ1) is 28.7. The normalized spacial score (nSPS) is 11.8. The highest BCUT2D eigenvalue weighted by atomic mass is 16.3. The number of hydrogen-bond acceptors (Lipinski definition) is 5. The van der Waals surface area contributed by atoms with E-state index in [4.69, 9.17) is 23.8 Å². The first-order chi connectivity index (χ1) is 25.7. The van der Waals surface area contributed by atoms with Crippen LogP contribution in [0.4, 0.5) is 0 Å². The molecule has 5 nitrogen and oxygen atoms in total. The predicted octanol–water partition coefficient (Wildman–Crippen LogP) is 12.6. The quantitative estimate of drug-likeness (QED) is 0.175. The van der Waals surface area contributed by atoms with Crippen LogP contribution >= 0.6 is 0 Å². The van der Waals surface area contributed by atoms with Gasteiger partial charge in [-0.2, -0.15) is 0 Å². The Hall–Kier alpha value is -7.11. The van der Waals surface area contributed by atoms with Crippen molar-refractivity contribution < 1.29 is 8.83 Å². The Balaban J connectivity index is 1.13. The van der Waals surface area contributed by atoms with Crippen molar-refractivity contribution in [2.24, 2.45) is 0 Å². The third-order valence-corrected chi connectivity index (χ3v) is 10.1. The maximum absolute atomic E-state index is 6.25. The lowest BCUT2D eigenvalue weighted by atomic mass is 9.94. The largest absolute Gasteiger partial charge is 0.456 e. The van der Waals surface area contributed by atoms with Crippen molar-refractivity contribution in [2.75, 3.05) is 0 Å². The Kier molecular flexibility index (Phi) is 6.18. The Morgan fingerprint density at radius 1 is 0.308 bits per heavy atom. The summed E-state index contributed by atoms with van der Waals surface area (Å²) in [6.45, 7) is 0. The van der Waals surface area contributed by atoms with E-state index in [2.05, 4.69) is 84.9 Å². The van der Waals surface area contributed by atoms with Gasteiger partial charge in [-0.25, -0.2) is 15.0 Å². The molecule has 3 aromatic heterocycles. The maximum Gasteiger partial charge on any atom is 0.164 e. The van der Waals surface area contributed by atoms with Crippen LogP contribution in [0.25, 0.3) is 111 Å². The highest BCUT2D eigenvalue weighted by Crippen LogP contribution is 2.40.